The van der Waals surface area contributed by atoms with Gasteiger partial charge in [0.1, 0.15) is 0 Å². The van der Waals surface area contributed by atoms with E-state index >= 15 is 0 Å². The maximum absolute atomic E-state index is 11.8. The van der Waals surface area contributed by atoms with Crippen molar-refractivity contribution in [3.8, 4) is 0 Å². The lowest BCUT2D eigenvalue weighted by Gasteiger charge is -2.23. The normalized spacial score (nSPS) is 16.3. The van der Waals surface area contributed by atoms with E-state index in [-0.39, 0.29) is 12.1 Å². The van der Waals surface area contributed by atoms with Gasteiger partial charge in [-0.1, -0.05) is 12.1 Å². The molecule has 1 heterocycles. The molecule has 18 heavy (non-hydrogen) atoms. The van der Waals surface area contributed by atoms with Crippen LogP contribution in [0.4, 0.5) is 10.5 Å². The zero-order valence-electron chi connectivity index (χ0n) is 10.3. The maximum atomic E-state index is 11.8. The van der Waals surface area contributed by atoms with Gasteiger partial charge in [-0.3, -0.25) is 0 Å². The van der Waals surface area contributed by atoms with Crippen molar-refractivity contribution in [3.05, 3.63) is 29.8 Å². The molecule has 2 amide bonds. The summed E-state index contributed by atoms with van der Waals surface area (Å²) in [7, 11) is 0. The molecule has 4 N–H and O–H groups in total. The summed E-state index contributed by atoms with van der Waals surface area (Å²) in [6, 6.07) is 7.58. The van der Waals surface area contributed by atoms with Crippen molar-refractivity contribution >= 4 is 11.7 Å². The predicted molar refractivity (Wildman–Crippen MR) is 70.3 cm³/mol. The number of hydrogen-bond donors (Lipinski definition) is 3. The molecule has 1 aliphatic heterocycles. The average molecular weight is 249 g/mol. The van der Waals surface area contributed by atoms with Crippen molar-refractivity contribution in [1.29, 1.82) is 0 Å². The van der Waals surface area contributed by atoms with Crippen molar-refractivity contribution in [2.75, 3.05) is 18.5 Å². The first-order valence-electron chi connectivity index (χ1n) is 6.22. The lowest BCUT2D eigenvalue weighted by molar-refractivity contribution is 0.0806. The number of nitrogens with one attached hydrogen (secondary N) is 2. The average Bonchev–Trinajstić information content (AvgIpc) is 2.40. The number of urea groups is 1. The summed E-state index contributed by atoms with van der Waals surface area (Å²) in [4.78, 5) is 11.8. The van der Waals surface area contributed by atoms with Gasteiger partial charge < -0.3 is 21.1 Å². The van der Waals surface area contributed by atoms with E-state index in [1.807, 2.05) is 24.3 Å². The Balaban J connectivity index is 1.85. The number of ether oxygens (including phenoxy) is 1. The molecule has 2 rings (SSSR count). The van der Waals surface area contributed by atoms with Gasteiger partial charge in [0.05, 0.1) is 0 Å². The van der Waals surface area contributed by atoms with Gasteiger partial charge in [0, 0.05) is 31.5 Å². The molecular formula is C13H19N3O2. The van der Waals surface area contributed by atoms with Gasteiger partial charge in [-0.25, -0.2) is 4.79 Å². The Bertz CT molecular complexity index is 403. The molecular weight excluding hydrogens is 230 g/mol. The molecule has 98 valence electrons. The second-order valence-corrected chi connectivity index (χ2v) is 4.39. The van der Waals surface area contributed by atoms with E-state index < -0.39 is 0 Å². The number of hydrogen-bond acceptors (Lipinski definition) is 3. The van der Waals surface area contributed by atoms with Crippen molar-refractivity contribution in [1.82, 2.24) is 5.32 Å². The third-order valence-electron chi connectivity index (χ3n) is 2.98. The smallest absolute Gasteiger partial charge is 0.319 e. The van der Waals surface area contributed by atoms with Crippen LogP contribution in [0.5, 0.6) is 0 Å². The van der Waals surface area contributed by atoms with Crippen molar-refractivity contribution in [2.45, 2.75) is 25.4 Å². The molecule has 0 spiro atoms. The molecule has 0 aromatic heterocycles. The summed E-state index contributed by atoms with van der Waals surface area (Å²) in [6.07, 6.45) is 1.74. The summed E-state index contributed by atoms with van der Waals surface area (Å²) in [5, 5.41) is 5.76. The zero-order chi connectivity index (χ0) is 12.8. The van der Waals surface area contributed by atoms with Crippen LogP contribution in [0.15, 0.2) is 24.3 Å². The summed E-state index contributed by atoms with van der Waals surface area (Å²) in [6.45, 7) is 1.90. The summed E-state index contributed by atoms with van der Waals surface area (Å²) in [5.74, 6) is 0. The lowest BCUT2D eigenvalue weighted by Crippen LogP contribution is -2.41. The van der Waals surface area contributed by atoms with E-state index in [2.05, 4.69) is 10.6 Å². The topological polar surface area (TPSA) is 76.4 Å². The number of amides is 2. The zero-order valence-corrected chi connectivity index (χ0v) is 10.3. The minimum atomic E-state index is -0.170. The molecule has 5 nitrogen and oxygen atoms in total. The van der Waals surface area contributed by atoms with Crippen LogP contribution >= 0.6 is 0 Å². The van der Waals surface area contributed by atoms with Crippen LogP contribution in [-0.4, -0.2) is 25.3 Å². The van der Waals surface area contributed by atoms with Crippen molar-refractivity contribution in [2.24, 2.45) is 5.73 Å². The standard InChI is InChI=1S/C13H19N3O2/c14-9-10-2-1-3-12(8-10)16-13(17)15-11-4-6-18-7-5-11/h1-3,8,11H,4-7,9,14H2,(H2,15,16,17). The molecule has 0 radical (unpaired) electrons. The minimum absolute atomic E-state index is 0.170. The summed E-state index contributed by atoms with van der Waals surface area (Å²) >= 11 is 0. The Morgan fingerprint density at radius 2 is 2.17 bits per heavy atom. The lowest BCUT2D eigenvalue weighted by atomic mass is 10.1. The SMILES string of the molecule is NCc1cccc(NC(=O)NC2CCOCC2)c1. The van der Waals surface area contributed by atoms with E-state index in [1.165, 1.54) is 0 Å². The van der Waals surface area contributed by atoms with Gasteiger partial charge in [0.15, 0.2) is 0 Å². The molecule has 1 saturated heterocycles. The van der Waals surface area contributed by atoms with E-state index in [1.54, 1.807) is 0 Å². The molecule has 0 saturated carbocycles. The molecule has 0 bridgehead atoms. The van der Waals surface area contributed by atoms with Gasteiger partial charge in [-0.05, 0) is 30.5 Å². The van der Waals surface area contributed by atoms with E-state index in [4.69, 9.17) is 10.5 Å². The van der Waals surface area contributed by atoms with Gasteiger partial charge in [-0.2, -0.15) is 0 Å². The molecule has 0 aliphatic carbocycles. The fourth-order valence-corrected chi connectivity index (χ4v) is 1.97. The van der Waals surface area contributed by atoms with Crippen LogP contribution in [0, 0.1) is 0 Å². The first-order valence-corrected chi connectivity index (χ1v) is 6.22. The largest absolute Gasteiger partial charge is 0.381 e. The Morgan fingerprint density at radius 1 is 1.39 bits per heavy atom. The molecule has 0 unspecified atom stereocenters. The van der Waals surface area contributed by atoms with Gasteiger partial charge in [0.25, 0.3) is 0 Å². The molecule has 1 aromatic rings. The van der Waals surface area contributed by atoms with Crippen LogP contribution in [0.2, 0.25) is 0 Å². The third kappa shape index (κ3) is 3.72. The van der Waals surface area contributed by atoms with Crippen LogP contribution in [0.3, 0.4) is 0 Å². The fourth-order valence-electron chi connectivity index (χ4n) is 1.97. The van der Waals surface area contributed by atoms with Crippen LogP contribution < -0.4 is 16.4 Å². The first-order chi connectivity index (χ1) is 8.78. The number of carbonyl (C=O) groups is 1. The minimum Gasteiger partial charge on any atom is -0.381 e. The van der Waals surface area contributed by atoms with Gasteiger partial charge in [-0.15, -0.1) is 0 Å². The van der Waals surface area contributed by atoms with Crippen LogP contribution in [0.1, 0.15) is 18.4 Å². The van der Waals surface area contributed by atoms with E-state index in [0.29, 0.717) is 19.8 Å². The van der Waals surface area contributed by atoms with Crippen LogP contribution in [-0.2, 0) is 11.3 Å². The third-order valence-corrected chi connectivity index (χ3v) is 2.98. The number of rotatable bonds is 3. The maximum Gasteiger partial charge on any atom is 0.319 e. The first kappa shape index (κ1) is 12.9. The van der Waals surface area contributed by atoms with E-state index in [9.17, 15) is 4.79 Å². The summed E-state index contributed by atoms with van der Waals surface area (Å²) in [5.41, 5.74) is 7.32. The van der Waals surface area contributed by atoms with E-state index in [0.717, 1.165) is 24.1 Å². The summed E-state index contributed by atoms with van der Waals surface area (Å²) < 4.78 is 5.24. The predicted octanol–water partition coefficient (Wildman–Crippen LogP) is 1.45. The quantitative estimate of drug-likeness (QED) is 0.758. The van der Waals surface area contributed by atoms with Crippen molar-refractivity contribution in [3.63, 3.8) is 0 Å². The highest BCUT2D eigenvalue weighted by Crippen LogP contribution is 2.11. The molecule has 0 atom stereocenters. The highest BCUT2D eigenvalue weighted by atomic mass is 16.5. The molecule has 5 heteroatoms. The highest BCUT2D eigenvalue weighted by molar-refractivity contribution is 5.89. The highest BCUT2D eigenvalue weighted by Gasteiger charge is 2.15. The fraction of sp³-hybridized carbons (Fsp3) is 0.462. The molecule has 1 fully saturated rings. The Morgan fingerprint density at radius 3 is 2.89 bits per heavy atom. The molecule has 1 aromatic carbocycles. The number of benzene rings is 1. The monoisotopic (exact) mass is 249 g/mol. The Labute approximate surface area is 107 Å². The second kappa shape index (κ2) is 6.37. The van der Waals surface area contributed by atoms with Crippen LogP contribution in [0.25, 0.3) is 0 Å². The number of carbonyl (C=O) groups excluding carboxylic acids is 1. The second-order valence-electron chi connectivity index (χ2n) is 4.39. The Kier molecular flexibility index (Phi) is 4.55. The van der Waals surface area contributed by atoms with Gasteiger partial charge in [0.2, 0.25) is 0 Å². The Hall–Kier alpha value is -1.59. The van der Waals surface area contributed by atoms with Gasteiger partial charge >= 0.3 is 6.03 Å². The number of anilines is 1. The molecule has 1 aliphatic rings. The number of nitrogens with two attached hydrogens (primary N) is 1. The van der Waals surface area contributed by atoms with Crippen molar-refractivity contribution < 1.29 is 9.53 Å².